The normalized spacial score (nSPS) is 17.6. The van der Waals surface area contributed by atoms with E-state index in [9.17, 15) is 4.39 Å². The first kappa shape index (κ1) is 15.3. The molecule has 5 heteroatoms. The van der Waals surface area contributed by atoms with Crippen molar-refractivity contribution in [3.63, 3.8) is 0 Å². The van der Waals surface area contributed by atoms with E-state index in [1.165, 1.54) is 22.6 Å². The monoisotopic (exact) mass is 385 g/mol. The van der Waals surface area contributed by atoms with E-state index >= 15 is 0 Å². The van der Waals surface area contributed by atoms with Crippen molar-refractivity contribution in [2.24, 2.45) is 0 Å². The predicted molar refractivity (Wildman–Crippen MR) is 90.5 cm³/mol. The van der Waals surface area contributed by atoms with Crippen LogP contribution in [0.2, 0.25) is 5.02 Å². The van der Waals surface area contributed by atoms with Gasteiger partial charge < -0.3 is 5.32 Å². The zero-order chi connectivity index (χ0) is 14.8. The summed E-state index contributed by atoms with van der Waals surface area (Å²) in [7, 11) is 0. The third kappa shape index (κ3) is 3.62. The van der Waals surface area contributed by atoms with Crippen molar-refractivity contribution in [3.05, 3.63) is 62.8 Å². The Morgan fingerprint density at radius 2 is 2.14 bits per heavy atom. The Morgan fingerprint density at radius 1 is 1.29 bits per heavy atom. The summed E-state index contributed by atoms with van der Waals surface area (Å²) in [5.74, 6) is 0.869. The van der Waals surface area contributed by atoms with E-state index in [0.29, 0.717) is 6.54 Å². The molecule has 110 valence electrons. The van der Waals surface area contributed by atoms with Crippen molar-refractivity contribution in [2.75, 3.05) is 5.75 Å². The van der Waals surface area contributed by atoms with Crippen molar-refractivity contribution in [1.29, 1.82) is 0 Å². The summed E-state index contributed by atoms with van der Waals surface area (Å²) >= 11 is 11.4. The lowest BCUT2D eigenvalue weighted by atomic mass is 10.0. The van der Waals surface area contributed by atoms with Crippen molar-refractivity contribution in [2.45, 2.75) is 23.9 Å². The van der Waals surface area contributed by atoms with E-state index in [1.807, 2.05) is 30.0 Å². The molecule has 1 N–H and O–H groups in total. The highest BCUT2D eigenvalue weighted by Gasteiger charge is 2.20. The zero-order valence-electron chi connectivity index (χ0n) is 11.2. The second kappa shape index (κ2) is 6.69. The summed E-state index contributed by atoms with van der Waals surface area (Å²) in [5, 5.41) is 4.33. The van der Waals surface area contributed by atoms with Crippen LogP contribution < -0.4 is 5.32 Å². The second-order valence-electron chi connectivity index (χ2n) is 4.99. The molecule has 1 aliphatic heterocycles. The van der Waals surface area contributed by atoms with Crippen LogP contribution in [-0.4, -0.2) is 5.75 Å². The summed E-state index contributed by atoms with van der Waals surface area (Å²) in [5.41, 5.74) is 2.31. The quantitative estimate of drug-likeness (QED) is 0.740. The fourth-order valence-electron chi connectivity index (χ4n) is 2.48. The van der Waals surface area contributed by atoms with Crippen LogP contribution in [0.1, 0.15) is 23.6 Å². The average Bonchev–Trinajstić information content (AvgIpc) is 2.46. The molecule has 2 aromatic rings. The number of thioether (sulfide) groups is 1. The molecule has 0 amide bonds. The number of nitrogens with one attached hydrogen (secondary N) is 1. The average molecular weight is 387 g/mol. The van der Waals surface area contributed by atoms with Crippen LogP contribution in [-0.2, 0) is 6.54 Å². The molecule has 0 bridgehead atoms. The van der Waals surface area contributed by atoms with Crippen LogP contribution in [0.25, 0.3) is 0 Å². The molecule has 0 spiro atoms. The maximum atomic E-state index is 13.1. The van der Waals surface area contributed by atoms with Crippen molar-refractivity contribution in [1.82, 2.24) is 5.32 Å². The van der Waals surface area contributed by atoms with Gasteiger partial charge in [0, 0.05) is 27.0 Å². The smallest absolute Gasteiger partial charge is 0.124 e. The Bertz CT molecular complexity index is 665. The fourth-order valence-corrected chi connectivity index (χ4v) is 4.25. The minimum atomic E-state index is -0.225. The summed E-state index contributed by atoms with van der Waals surface area (Å²) < 4.78 is 13.9. The maximum Gasteiger partial charge on any atom is 0.124 e. The van der Waals surface area contributed by atoms with Gasteiger partial charge in [0.1, 0.15) is 5.82 Å². The maximum absolute atomic E-state index is 13.1. The first-order valence-electron chi connectivity index (χ1n) is 6.73. The van der Waals surface area contributed by atoms with E-state index in [1.54, 1.807) is 0 Å². The minimum Gasteiger partial charge on any atom is -0.306 e. The van der Waals surface area contributed by atoms with Crippen LogP contribution in [0.5, 0.6) is 0 Å². The first-order valence-corrected chi connectivity index (χ1v) is 8.89. The van der Waals surface area contributed by atoms with E-state index in [0.717, 1.165) is 27.2 Å². The third-order valence-electron chi connectivity index (χ3n) is 3.57. The molecule has 3 rings (SSSR count). The topological polar surface area (TPSA) is 12.0 Å². The van der Waals surface area contributed by atoms with Crippen molar-refractivity contribution >= 4 is 39.3 Å². The van der Waals surface area contributed by atoms with Gasteiger partial charge in [-0.1, -0.05) is 33.6 Å². The molecule has 0 aromatic heterocycles. The van der Waals surface area contributed by atoms with Crippen molar-refractivity contribution < 1.29 is 4.39 Å². The van der Waals surface area contributed by atoms with E-state index in [4.69, 9.17) is 11.6 Å². The fraction of sp³-hybridized carbons (Fsp3) is 0.250. The molecule has 21 heavy (non-hydrogen) atoms. The molecule has 2 aromatic carbocycles. The Kier molecular flexibility index (Phi) is 4.89. The third-order valence-corrected chi connectivity index (χ3v) is 5.66. The Hall–Kier alpha value is -0.550. The van der Waals surface area contributed by atoms with Crippen LogP contribution in [0, 0.1) is 5.82 Å². The number of halogens is 3. The second-order valence-corrected chi connectivity index (χ2v) is 7.42. The number of fused-ring (bicyclic) bond motifs is 1. The molecule has 0 radical (unpaired) electrons. The molecule has 0 aliphatic carbocycles. The van der Waals surface area contributed by atoms with Crippen LogP contribution in [0.15, 0.2) is 45.8 Å². The molecule has 1 unspecified atom stereocenters. The van der Waals surface area contributed by atoms with Crippen LogP contribution in [0.4, 0.5) is 4.39 Å². The minimum absolute atomic E-state index is 0.225. The number of benzene rings is 2. The van der Waals surface area contributed by atoms with Gasteiger partial charge in [0.05, 0.1) is 0 Å². The van der Waals surface area contributed by atoms with Crippen LogP contribution in [0.3, 0.4) is 0 Å². The Balaban J connectivity index is 1.76. The number of hydrogen-bond acceptors (Lipinski definition) is 2. The van der Waals surface area contributed by atoms with Gasteiger partial charge in [0.25, 0.3) is 0 Å². The van der Waals surface area contributed by atoms with Gasteiger partial charge in [-0.3, -0.25) is 0 Å². The molecule has 0 saturated carbocycles. The van der Waals surface area contributed by atoms with E-state index in [-0.39, 0.29) is 11.9 Å². The van der Waals surface area contributed by atoms with Gasteiger partial charge in [0.2, 0.25) is 0 Å². The summed E-state index contributed by atoms with van der Waals surface area (Å²) in [4.78, 5) is 1.29. The molecular formula is C16H14BrClFNS. The Morgan fingerprint density at radius 3 is 2.95 bits per heavy atom. The lowest BCUT2D eigenvalue weighted by Gasteiger charge is -2.26. The molecule has 1 aliphatic rings. The molecule has 0 fully saturated rings. The lowest BCUT2D eigenvalue weighted by molar-refractivity contribution is 0.509. The highest BCUT2D eigenvalue weighted by Crippen LogP contribution is 2.37. The van der Waals surface area contributed by atoms with Gasteiger partial charge in [-0.15, -0.1) is 11.8 Å². The van der Waals surface area contributed by atoms with Gasteiger partial charge in [0.15, 0.2) is 0 Å². The number of rotatable bonds is 3. The van der Waals surface area contributed by atoms with Gasteiger partial charge in [-0.2, -0.15) is 0 Å². The SMILES string of the molecule is Fc1ccc(CNC2CCSc3ccc(Cl)cc32)c(Br)c1. The van der Waals surface area contributed by atoms with Crippen LogP contribution >= 0.6 is 39.3 Å². The molecule has 1 atom stereocenters. The largest absolute Gasteiger partial charge is 0.306 e. The summed E-state index contributed by atoms with van der Waals surface area (Å²) in [6.45, 7) is 0.697. The van der Waals surface area contributed by atoms with E-state index in [2.05, 4.69) is 27.3 Å². The zero-order valence-corrected chi connectivity index (χ0v) is 14.4. The standard InChI is InChI=1S/C16H14BrClFNS/c17-14-8-12(19)3-1-10(14)9-20-15-5-6-21-16-4-2-11(18)7-13(15)16/h1-4,7-8,15,20H,5-6,9H2. The lowest BCUT2D eigenvalue weighted by Crippen LogP contribution is -2.24. The van der Waals surface area contributed by atoms with E-state index < -0.39 is 0 Å². The van der Waals surface area contributed by atoms with Crippen molar-refractivity contribution in [3.8, 4) is 0 Å². The Labute approximate surface area is 141 Å². The van der Waals surface area contributed by atoms with Gasteiger partial charge in [-0.25, -0.2) is 4.39 Å². The molecule has 1 heterocycles. The predicted octanol–water partition coefficient (Wildman–Crippen LogP) is 5.57. The first-order chi connectivity index (χ1) is 10.1. The molecular weight excluding hydrogens is 373 g/mol. The highest BCUT2D eigenvalue weighted by atomic mass is 79.9. The molecule has 1 nitrogen and oxygen atoms in total. The van der Waals surface area contributed by atoms with Gasteiger partial charge >= 0.3 is 0 Å². The summed E-state index contributed by atoms with van der Waals surface area (Å²) in [6, 6.07) is 11.2. The highest BCUT2D eigenvalue weighted by molar-refractivity contribution is 9.10. The van der Waals surface area contributed by atoms with Gasteiger partial charge in [-0.05, 0) is 53.6 Å². The number of hydrogen-bond donors (Lipinski definition) is 1. The summed E-state index contributed by atoms with van der Waals surface area (Å²) in [6.07, 6.45) is 1.07. The molecule has 0 saturated heterocycles.